The molecule has 0 N–H and O–H groups in total. The molecule has 0 aliphatic carbocycles. The van der Waals surface area contributed by atoms with Crippen LogP contribution in [0.15, 0.2) is 23.0 Å². The Kier molecular flexibility index (Phi) is 5.89. The zero-order chi connectivity index (χ0) is 19.6. The summed E-state index contributed by atoms with van der Waals surface area (Å²) in [5, 5.41) is 4.40. The zero-order valence-electron chi connectivity index (χ0n) is 17.1. The lowest BCUT2D eigenvalue weighted by atomic mass is 9.92. The molecule has 5 nitrogen and oxygen atoms in total. The minimum atomic E-state index is -0.250. The minimum absolute atomic E-state index is 0.0305. The quantitative estimate of drug-likeness (QED) is 0.737. The highest BCUT2D eigenvalue weighted by atomic mass is 16.1. The SMILES string of the molecule is Cc1cc(C(=O)Cn2nc(C(C)(C)C)ccc2=O)c(C)n1CCC(C)C. The molecule has 5 heteroatoms. The van der Waals surface area contributed by atoms with Gasteiger partial charge in [0.1, 0.15) is 6.54 Å². The Morgan fingerprint density at radius 2 is 1.85 bits per heavy atom. The average Bonchev–Trinajstić information content (AvgIpc) is 2.81. The van der Waals surface area contributed by atoms with Crippen LogP contribution in [-0.4, -0.2) is 20.1 Å². The van der Waals surface area contributed by atoms with Gasteiger partial charge in [-0.25, -0.2) is 4.68 Å². The van der Waals surface area contributed by atoms with Crippen LogP contribution >= 0.6 is 0 Å². The van der Waals surface area contributed by atoms with E-state index < -0.39 is 0 Å². The van der Waals surface area contributed by atoms with Crippen molar-refractivity contribution in [2.24, 2.45) is 5.92 Å². The fraction of sp³-hybridized carbons (Fsp3) is 0.571. The molecule has 142 valence electrons. The van der Waals surface area contributed by atoms with Gasteiger partial charge in [0.05, 0.1) is 5.69 Å². The smallest absolute Gasteiger partial charge is 0.267 e. The van der Waals surface area contributed by atoms with Gasteiger partial charge in [-0.05, 0) is 38.3 Å². The van der Waals surface area contributed by atoms with Crippen molar-refractivity contribution in [3.63, 3.8) is 0 Å². The van der Waals surface area contributed by atoms with Gasteiger partial charge in [-0.3, -0.25) is 9.59 Å². The van der Waals surface area contributed by atoms with Crippen LogP contribution in [0.1, 0.15) is 68.5 Å². The molecule has 26 heavy (non-hydrogen) atoms. The molecule has 0 atom stereocenters. The number of carbonyl (C=O) groups is 1. The monoisotopic (exact) mass is 357 g/mol. The van der Waals surface area contributed by atoms with Gasteiger partial charge < -0.3 is 4.57 Å². The van der Waals surface area contributed by atoms with E-state index in [2.05, 4.69) is 23.5 Å². The predicted molar refractivity (Wildman–Crippen MR) is 105 cm³/mol. The van der Waals surface area contributed by atoms with Crippen LogP contribution in [0.5, 0.6) is 0 Å². The third kappa shape index (κ3) is 4.51. The lowest BCUT2D eigenvalue weighted by Crippen LogP contribution is -2.29. The Labute approximate surface area is 156 Å². The van der Waals surface area contributed by atoms with Crippen LogP contribution in [0.2, 0.25) is 0 Å². The summed E-state index contributed by atoms with van der Waals surface area (Å²) in [6.45, 7) is 15.4. The summed E-state index contributed by atoms with van der Waals surface area (Å²) in [7, 11) is 0. The Morgan fingerprint density at radius 3 is 2.42 bits per heavy atom. The Bertz CT molecular complexity index is 851. The molecule has 0 unspecified atom stereocenters. The average molecular weight is 357 g/mol. The van der Waals surface area contributed by atoms with Crippen molar-refractivity contribution in [2.75, 3.05) is 0 Å². The first-order chi connectivity index (χ1) is 12.0. The van der Waals surface area contributed by atoms with Gasteiger partial charge in [0.25, 0.3) is 5.56 Å². The van der Waals surface area contributed by atoms with Crippen LogP contribution in [0.3, 0.4) is 0 Å². The molecule has 2 aromatic heterocycles. The zero-order valence-corrected chi connectivity index (χ0v) is 17.1. The molecule has 0 spiro atoms. The maximum absolute atomic E-state index is 12.8. The molecule has 0 fully saturated rings. The molecule has 2 aromatic rings. The Morgan fingerprint density at radius 1 is 1.19 bits per heavy atom. The van der Waals surface area contributed by atoms with Crippen molar-refractivity contribution in [3.05, 3.63) is 51.2 Å². The number of aryl methyl sites for hydroxylation is 1. The molecule has 2 rings (SSSR count). The molecule has 0 aromatic carbocycles. The maximum Gasteiger partial charge on any atom is 0.267 e. The number of hydrogen-bond acceptors (Lipinski definition) is 3. The van der Waals surface area contributed by atoms with Crippen LogP contribution in [0.4, 0.5) is 0 Å². The van der Waals surface area contributed by atoms with E-state index in [1.807, 2.05) is 40.7 Å². The van der Waals surface area contributed by atoms with E-state index >= 15 is 0 Å². The second kappa shape index (κ2) is 7.60. The second-order valence-corrected chi connectivity index (χ2v) is 8.51. The lowest BCUT2D eigenvalue weighted by Gasteiger charge is -2.18. The van der Waals surface area contributed by atoms with Crippen LogP contribution in [0.25, 0.3) is 0 Å². The predicted octanol–water partition coefficient (Wildman–Crippen LogP) is 3.89. The first kappa shape index (κ1) is 20.1. The fourth-order valence-corrected chi connectivity index (χ4v) is 3.00. The summed E-state index contributed by atoms with van der Waals surface area (Å²) in [5.74, 6) is 0.535. The van der Waals surface area contributed by atoms with Crippen molar-refractivity contribution in [2.45, 2.75) is 73.4 Å². The van der Waals surface area contributed by atoms with E-state index in [4.69, 9.17) is 0 Å². The number of Topliss-reactive ketones (excluding diaryl/α,β-unsaturated/α-hetero) is 1. The van der Waals surface area contributed by atoms with E-state index in [-0.39, 0.29) is 23.3 Å². The Hall–Kier alpha value is -2.17. The fourth-order valence-electron chi connectivity index (χ4n) is 3.00. The minimum Gasteiger partial charge on any atom is -0.348 e. The highest BCUT2D eigenvalue weighted by molar-refractivity contribution is 5.97. The van der Waals surface area contributed by atoms with Crippen molar-refractivity contribution in [1.82, 2.24) is 14.3 Å². The van der Waals surface area contributed by atoms with Gasteiger partial charge in [0.15, 0.2) is 5.78 Å². The molecular weight excluding hydrogens is 326 g/mol. The number of rotatable bonds is 6. The molecule has 0 radical (unpaired) electrons. The first-order valence-electron chi connectivity index (χ1n) is 9.29. The van der Waals surface area contributed by atoms with E-state index in [0.29, 0.717) is 11.5 Å². The molecule has 0 bridgehead atoms. The van der Waals surface area contributed by atoms with Gasteiger partial charge >= 0.3 is 0 Å². The summed E-state index contributed by atoms with van der Waals surface area (Å²) in [4.78, 5) is 25.0. The third-order valence-corrected chi connectivity index (χ3v) is 4.73. The van der Waals surface area contributed by atoms with Crippen LogP contribution in [0, 0.1) is 19.8 Å². The van der Waals surface area contributed by atoms with Gasteiger partial charge in [0.2, 0.25) is 0 Å². The highest BCUT2D eigenvalue weighted by Crippen LogP contribution is 2.20. The lowest BCUT2D eigenvalue weighted by molar-refractivity contribution is 0.0964. The van der Waals surface area contributed by atoms with Gasteiger partial charge in [-0.15, -0.1) is 0 Å². The van der Waals surface area contributed by atoms with Crippen LogP contribution < -0.4 is 5.56 Å². The van der Waals surface area contributed by atoms with E-state index in [9.17, 15) is 9.59 Å². The molecular formula is C21H31N3O2. The number of ketones is 1. The second-order valence-electron chi connectivity index (χ2n) is 8.51. The number of hydrogen-bond donors (Lipinski definition) is 0. The first-order valence-corrected chi connectivity index (χ1v) is 9.29. The molecule has 2 heterocycles. The van der Waals surface area contributed by atoms with Gasteiger partial charge in [-0.1, -0.05) is 34.6 Å². The summed E-state index contributed by atoms with van der Waals surface area (Å²) < 4.78 is 3.47. The van der Waals surface area contributed by atoms with Crippen molar-refractivity contribution in [3.8, 4) is 0 Å². The van der Waals surface area contributed by atoms with Crippen LogP contribution in [-0.2, 0) is 18.5 Å². The molecule has 0 amide bonds. The van der Waals surface area contributed by atoms with E-state index in [1.54, 1.807) is 6.07 Å². The topological polar surface area (TPSA) is 56.9 Å². The maximum atomic E-state index is 12.8. The number of carbonyl (C=O) groups excluding carboxylic acids is 1. The summed E-state index contributed by atoms with van der Waals surface area (Å²) >= 11 is 0. The molecule has 0 saturated heterocycles. The van der Waals surface area contributed by atoms with E-state index in [0.717, 1.165) is 30.0 Å². The Balaban J connectivity index is 2.29. The van der Waals surface area contributed by atoms with Gasteiger partial charge in [-0.2, -0.15) is 5.10 Å². The normalized spacial score (nSPS) is 12.0. The third-order valence-electron chi connectivity index (χ3n) is 4.73. The molecule has 0 aliphatic rings. The standard InChI is InChI=1S/C21H31N3O2/c1-14(2)10-11-23-15(3)12-17(16(23)4)18(25)13-24-20(26)9-8-19(22-24)21(5,6)7/h8-9,12,14H,10-11,13H2,1-7H3. The van der Waals surface area contributed by atoms with Crippen molar-refractivity contribution in [1.29, 1.82) is 0 Å². The van der Waals surface area contributed by atoms with Crippen molar-refractivity contribution < 1.29 is 4.79 Å². The van der Waals surface area contributed by atoms with E-state index in [1.165, 1.54) is 10.7 Å². The van der Waals surface area contributed by atoms with Gasteiger partial charge in [0, 0.05) is 35.0 Å². The summed E-state index contributed by atoms with van der Waals surface area (Å²) in [6.07, 6.45) is 1.07. The summed E-state index contributed by atoms with van der Waals surface area (Å²) in [6, 6.07) is 5.16. The largest absolute Gasteiger partial charge is 0.348 e. The highest BCUT2D eigenvalue weighted by Gasteiger charge is 2.20. The molecule has 0 saturated carbocycles. The molecule has 0 aliphatic heterocycles. The number of nitrogens with zero attached hydrogens (tertiary/aromatic N) is 3. The summed E-state index contributed by atoms with van der Waals surface area (Å²) in [5.41, 5.74) is 3.10. The number of aromatic nitrogens is 3. The van der Waals surface area contributed by atoms with Crippen molar-refractivity contribution >= 4 is 5.78 Å².